The van der Waals surface area contributed by atoms with Crippen molar-refractivity contribution in [1.29, 1.82) is 0 Å². The summed E-state index contributed by atoms with van der Waals surface area (Å²) in [4.78, 5) is 53.1. The van der Waals surface area contributed by atoms with Crippen LogP contribution >= 0.6 is 0 Å². The minimum absolute atomic E-state index is 0.0225. The van der Waals surface area contributed by atoms with Crippen LogP contribution < -0.4 is 0 Å². The third-order valence-corrected chi connectivity index (χ3v) is 30.1. The number of hydrogen-bond donors (Lipinski definition) is 19. The summed E-state index contributed by atoms with van der Waals surface area (Å²) in [5, 5.41) is 216. The van der Waals surface area contributed by atoms with E-state index in [-0.39, 0.29) is 30.1 Å². The van der Waals surface area contributed by atoms with E-state index in [1.54, 1.807) is 30.3 Å². The van der Waals surface area contributed by atoms with Crippen LogP contribution in [0.4, 0.5) is 0 Å². The van der Waals surface area contributed by atoms with Crippen LogP contribution in [0.25, 0.3) is 6.08 Å². The molecule has 0 bridgehead atoms. The van der Waals surface area contributed by atoms with Crippen LogP contribution in [0.1, 0.15) is 126 Å². The van der Waals surface area contributed by atoms with Crippen LogP contribution in [0.5, 0.6) is 0 Å². The smallest absolute Gasteiger partial charge is 0.331 e. The molecule has 8 aliphatic heterocycles. The monoisotopic (exact) mass is 1830 g/mol. The fourth-order valence-corrected chi connectivity index (χ4v) is 22.6. The molecule has 8 heterocycles. The standard InChI is InChI=1S/C86H128O42/c1-36(90)110-33-47-66(116-37(2)91)62(105)69(123-52(95)18-15-38-13-11-10-12-14-38)76(121-47)120-46-32-113-71(59(102)56(46)99)119-45-31-114-72(60(103)55(45)98)126-67-53(96)41(92)29-112-75(67)125-65-44(28-88)118-74(61(104)58(65)101)122-51-20-21-82(7)48(81(51,5)6)19-22-83(8)49(82)17-16-39-40-25-80(3,4)23-24-86(40,50(94)26-84(39,83)9)79(108)128-77-68(57(100)54(97)43(27-87)117-77)127-73-63(106)64(42(93)30-111-73)124-78-70(107)85(109,34-89)35-115-78/h10-16,18,40-51,53-78,87-89,92-94,96-107,109H,17,19-35H2,1-9H3. The molecule has 13 aliphatic rings. The van der Waals surface area contributed by atoms with E-state index in [0.29, 0.717) is 50.5 Å². The van der Waals surface area contributed by atoms with Gasteiger partial charge in [-0.1, -0.05) is 90.4 Å². The number of fused-ring (bicyclic) bond motifs is 7. The molecule has 128 heavy (non-hydrogen) atoms. The summed E-state index contributed by atoms with van der Waals surface area (Å²) in [6, 6.07) is 8.58. The van der Waals surface area contributed by atoms with Gasteiger partial charge in [0.2, 0.25) is 6.29 Å². The largest absolute Gasteiger partial charge is 0.463 e. The molecule has 4 saturated carbocycles. The molecule has 43 unspecified atom stereocenters. The topological polar surface area (TPSA) is 628 Å². The van der Waals surface area contributed by atoms with Gasteiger partial charge >= 0.3 is 23.9 Å². The van der Waals surface area contributed by atoms with Gasteiger partial charge in [-0.25, -0.2) is 4.79 Å². The van der Waals surface area contributed by atoms with E-state index >= 15 is 4.79 Å². The van der Waals surface area contributed by atoms with E-state index in [2.05, 4.69) is 54.5 Å². The van der Waals surface area contributed by atoms with Gasteiger partial charge in [-0.05, 0) is 114 Å². The molecule has 5 aliphatic carbocycles. The number of carbonyl (C=O) groups excluding carboxylic acids is 4. The molecule has 43 atom stereocenters. The number of aliphatic hydroxyl groups is 19. The lowest BCUT2D eigenvalue weighted by molar-refractivity contribution is -0.383. The Morgan fingerprint density at radius 2 is 1.05 bits per heavy atom. The van der Waals surface area contributed by atoms with Crippen molar-refractivity contribution in [1.82, 2.24) is 0 Å². The quantitative estimate of drug-likeness (QED) is 0.0143. The Labute approximate surface area is 737 Å². The van der Waals surface area contributed by atoms with Crippen LogP contribution in [-0.2, 0) is 109 Å². The Bertz CT molecular complexity index is 4010. The number of hydrogen-bond acceptors (Lipinski definition) is 42. The summed E-state index contributed by atoms with van der Waals surface area (Å²) in [6.07, 6.45) is -52.0. The van der Waals surface area contributed by atoms with Gasteiger partial charge < -0.3 is 187 Å². The highest BCUT2D eigenvalue weighted by Crippen LogP contribution is 2.76. The first-order valence-electron chi connectivity index (χ1n) is 43.9. The van der Waals surface area contributed by atoms with Crippen LogP contribution in [-0.4, -0.2) is 401 Å². The average molecular weight is 1830 g/mol. The van der Waals surface area contributed by atoms with Gasteiger partial charge in [0.05, 0.1) is 65.1 Å². The minimum atomic E-state index is -2.13. The molecule has 42 nitrogen and oxygen atoms in total. The minimum Gasteiger partial charge on any atom is -0.463 e. The summed E-state index contributed by atoms with van der Waals surface area (Å²) < 4.78 is 112. The number of allylic oxidation sites excluding steroid dienone is 2. The fourth-order valence-electron chi connectivity index (χ4n) is 22.6. The normalized spacial score (nSPS) is 48.9. The average Bonchev–Trinajstić information content (AvgIpc) is 0.737. The molecular weight excluding hydrogens is 1700 g/mol. The summed E-state index contributed by atoms with van der Waals surface area (Å²) in [5.74, 6) is -4.31. The second kappa shape index (κ2) is 39.1. The zero-order chi connectivity index (χ0) is 92.7. The third kappa shape index (κ3) is 18.8. The Morgan fingerprint density at radius 1 is 0.477 bits per heavy atom. The molecule has 0 spiro atoms. The SMILES string of the molecule is CC(=O)OCC1OC(OC2COC(OC3COC(OC4C(OC5C(CO)OC(OC6CCC7(C)C(CCC8(C)C7CC=C7C9CC(C)(C)CCC9(C(=O)OC9OC(CO)C(O)C(O)C9OC9OCC(O)C(OC%10OCC(O)(CO)C%10O)C9O)C(O)CC78C)C6(C)C)C(O)C5O)OCC(O)C4O)C(O)C3O)C(O)C2O)C(OC(=O)C=Cc2ccccc2)C(O)C1OC(C)=O. The van der Waals surface area contributed by atoms with Gasteiger partial charge in [-0.2, -0.15) is 0 Å². The summed E-state index contributed by atoms with van der Waals surface area (Å²) in [6.45, 7) is 11.0. The summed E-state index contributed by atoms with van der Waals surface area (Å²) >= 11 is 0. The van der Waals surface area contributed by atoms with Crippen molar-refractivity contribution in [3.8, 4) is 0 Å². The summed E-state index contributed by atoms with van der Waals surface area (Å²) in [5.41, 5.74) is -4.88. The Hall–Kier alpha value is -4.78. The van der Waals surface area contributed by atoms with Crippen molar-refractivity contribution >= 4 is 30.0 Å². The maximum absolute atomic E-state index is 15.7. The summed E-state index contributed by atoms with van der Waals surface area (Å²) in [7, 11) is 0. The number of rotatable bonds is 25. The molecule has 42 heteroatoms. The number of benzene rings is 1. The highest BCUT2D eigenvalue weighted by atomic mass is 16.8. The van der Waals surface area contributed by atoms with E-state index in [1.807, 2.05) is 0 Å². The predicted octanol–water partition coefficient (Wildman–Crippen LogP) is -5.16. The molecule has 1 aromatic carbocycles. The van der Waals surface area contributed by atoms with Crippen molar-refractivity contribution in [2.24, 2.45) is 50.2 Å². The van der Waals surface area contributed by atoms with Crippen molar-refractivity contribution in [2.45, 2.75) is 341 Å². The van der Waals surface area contributed by atoms with Gasteiger partial charge in [0, 0.05) is 19.9 Å². The lowest BCUT2D eigenvalue weighted by Crippen LogP contribution is -2.68. The Balaban J connectivity index is 0.602. The second-order valence-corrected chi connectivity index (χ2v) is 38.9. The van der Waals surface area contributed by atoms with E-state index in [0.717, 1.165) is 25.5 Å². The Morgan fingerprint density at radius 3 is 1.70 bits per heavy atom. The number of esters is 4. The molecule has 0 amide bonds. The van der Waals surface area contributed by atoms with Crippen molar-refractivity contribution in [3.63, 3.8) is 0 Å². The van der Waals surface area contributed by atoms with E-state index in [1.165, 1.54) is 6.08 Å². The molecule has 14 rings (SSSR count). The first-order chi connectivity index (χ1) is 60.4. The molecular formula is C86H128O42. The fraction of sp³-hybridized carbons (Fsp3) is 0.837. The van der Waals surface area contributed by atoms with Crippen LogP contribution in [0, 0.1) is 50.2 Å². The molecule has 8 saturated heterocycles. The molecule has 0 aromatic heterocycles. The van der Waals surface area contributed by atoms with Crippen molar-refractivity contribution < 1.29 is 206 Å². The molecule has 19 N–H and O–H groups in total. The van der Waals surface area contributed by atoms with Gasteiger partial charge in [0.25, 0.3) is 0 Å². The zero-order valence-corrected chi connectivity index (χ0v) is 72.7. The van der Waals surface area contributed by atoms with Crippen LogP contribution in [0.2, 0.25) is 0 Å². The maximum atomic E-state index is 15.7. The molecule has 724 valence electrons. The van der Waals surface area contributed by atoms with Gasteiger partial charge in [-0.15, -0.1) is 0 Å². The van der Waals surface area contributed by atoms with Gasteiger partial charge in [0.15, 0.2) is 62.3 Å². The maximum Gasteiger partial charge on any atom is 0.331 e. The zero-order valence-electron chi connectivity index (χ0n) is 72.7. The lowest BCUT2D eigenvalue weighted by atomic mass is 9.33. The van der Waals surface area contributed by atoms with Crippen LogP contribution in [0.3, 0.4) is 0 Å². The lowest BCUT2D eigenvalue weighted by Gasteiger charge is -2.71. The highest BCUT2D eigenvalue weighted by molar-refractivity contribution is 5.87. The first-order valence-corrected chi connectivity index (χ1v) is 43.9. The molecule has 0 radical (unpaired) electrons. The van der Waals surface area contributed by atoms with Crippen molar-refractivity contribution in [2.75, 3.05) is 59.5 Å². The number of carbonyl (C=O) groups is 4. The molecule has 12 fully saturated rings. The number of aliphatic hydroxyl groups excluding tert-OH is 18. The van der Waals surface area contributed by atoms with Crippen LogP contribution in [0.15, 0.2) is 48.1 Å². The Kier molecular flexibility index (Phi) is 30.3. The van der Waals surface area contributed by atoms with Gasteiger partial charge in [0.1, 0.15) is 152 Å². The number of ether oxygens (including phenoxy) is 19. The van der Waals surface area contributed by atoms with E-state index < -0.39 is 337 Å². The van der Waals surface area contributed by atoms with E-state index in [9.17, 15) is 111 Å². The third-order valence-electron chi connectivity index (χ3n) is 30.1. The van der Waals surface area contributed by atoms with Gasteiger partial charge in [-0.3, -0.25) is 14.4 Å². The van der Waals surface area contributed by atoms with Crippen molar-refractivity contribution in [3.05, 3.63) is 53.6 Å². The molecule has 1 aromatic rings. The van der Waals surface area contributed by atoms with E-state index in [4.69, 9.17) is 90.0 Å². The highest BCUT2D eigenvalue weighted by Gasteiger charge is 2.73. The first kappa shape index (κ1) is 99.2. The second-order valence-electron chi connectivity index (χ2n) is 38.9. The predicted molar refractivity (Wildman–Crippen MR) is 423 cm³/mol.